The Morgan fingerprint density at radius 1 is 1.06 bits per heavy atom. The molecule has 32 heavy (non-hydrogen) atoms. The van der Waals surface area contributed by atoms with Crippen LogP contribution in [0.4, 0.5) is 20.6 Å². The lowest BCUT2D eigenvalue weighted by atomic mass is 10.3. The molecule has 1 saturated heterocycles. The van der Waals surface area contributed by atoms with Crippen LogP contribution in [0, 0.1) is 5.82 Å². The van der Waals surface area contributed by atoms with E-state index in [9.17, 15) is 22.7 Å². The Morgan fingerprint density at radius 2 is 1.69 bits per heavy atom. The van der Waals surface area contributed by atoms with Crippen LogP contribution < -0.4 is 10.6 Å². The molecule has 1 aliphatic rings. The normalized spacial score (nSPS) is 15.7. The number of piperazine rings is 1. The molecule has 0 radical (unpaired) electrons. The molecule has 0 atom stereocenters. The summed E-state index contributed by atoms with van der Waals surface area (Å²) < 4.78 is 41.2. The number of carbonyl (C=O) groups excluding carboxylic acids is 1. The van der Waals surface area contributed by atoms with Gasteiger partial charge in [-0.3, -0.25) is 4.90 Å². The number of nitrogens with zero attached hydrogens (tertiary/aromatic N) is 2. The molecule has 2 aromatic rings. The molecular formula is C20H23Cl2FN4O4S. The summed E-state index contributed by atoms with van der Waals surface area (Å²) in [5.41, 5.74) is -0.174. The van der Waals surface area contributed by atoms with Crippen molar-refractivity contribution < 1.29 is 22.7 Å². The van der Waals surface area contributed by atoms with Gasteiger partial charge in [0.1, 0.15) is 10.7 Å². The minimum absolute atomic E-state index is 0.00786. The molecule has 0 unspecified atom stereocenters. The van der Waals surface area contributed by atoms with E-state index in [1.807, 2.05) is 13.8 Å². The highest BCUT2D eigenvalue weighted by Crippen LogP contribution is 2.39. The summed E-state index contributed by atoms with van der Waals surface area (Å²) in [6, 6.07) is 5.84. The Kier molecular flexibility index (Phi) is 7.51. The number of anilines is 2. The zero-order chi connectivity index (χ0) is 23.6. The summed E-state index contributed by atoms with van der Waals surface area (Å²) in [6.07, 6.45) is 0. The van der Waals surface area contributed by atoms with Gasteiger partial charge in [-0.15, -0.1) is 0 Å². The van der Waals surface area contributed by atoms with Crippen molar-refractivity contribution in [2.24, 2.45) is 0 Å². The number of hydrogen-bond donors (Lipinski definition) is 3. The monoisotopic (exact) mass is 504 g/mol. The van der Waals surface area contributed by atoms with Crippen molar-refractivity contribution in [2.45, 2.75) is 24.8 Å². The first-order valence-electron chi connectivity index (χ1n) is 9.80. The van der Waals surface area contributed by atoms with Crippen LogP contribution in [0.25, 0.3) is 0 Å². The first kappa shape index (κ1) is 24.5. The van der Waals surface area contributed by atoms with E-state index in [0.29, 0.717) is 13.1 Å². The summed E-state index contributed by atoms with van der Waals surface area (Å²) in [5.74, 6) is -1.41. The van der Waals surface area contributed by atoms with E-state index in [2.05, 4.69) is 15.5 Å². The summed E-state index contributed by atoms with van der Waals surface area (Å²) in [5, 5.41) is 14.9. The fraction of sp³-hybridized carbons (Fsp3) is 0.350. The highest BCUT2D eigenvalue weighted by atomic mass is 35.5. The van der Waals surface area contributed by atoms with Crippen LogP contribution in [0.2, 0.25) is 10.0 Å². The first-order valence-corrected chi connectivity index (χ1v) is 12.0. The fourth-order valence-corrected chi connectivity index (χ4v) is 5.55. The van der Waals surface area contributed by atoms with Gasteiger partial charge in [-0.2, -0.15) is 4.31 Å². The van der Waals surface area contributed by atoms with Crippen molar-refractivity contribution >= 4 is 50.6 Å². The van der Waals surface area contributed by atoms with Gasteiger partial charge < -0.3 is 15.7 Å². The van der Waals surface area contributed by atoms with Crippen molar-refractivity contribution in [1.29, 1.82) is 0 Å². The Morgan fingerprint density at radius 3 is 2.31 bits per heavy atom. The Bertz CT molecular complexity index is 1120. The molecule has 0 aromatic heterocycles. The molecular weight excluding hydrogens is 482 g/mol. The summed E-state index contributed by atoms with van der Waals surface area (Å²) in [6.45, 7) is 5.64. The van der Waals surface area contributed by atoms with Gasteiger partial charge >= 0.3 is 6.03 Å². The van der Waals surface area contributed by atoms with Crippen molar-refractivity contribution in [3.63, 3.8) is 0 Å². The number of hydrogen-bond acceptors (Lipinski definition) is 5. The Balaban J connectivity index is 1.82. The van der Waals surface area contributed by atoms with Crippen LogP contribution >= 0.6 is 23.2 Å². The molecule has 174 valence electrons. The van der Waals surface area contributed by atoms with E-state index < -0.39 is 32.5 Å². The average molecular weight is 505 g/mol. The zero-order valence-corrected chi connectivity index (χ0v) is 19.7. The van der Waals surface area contributed by atoms with Crippen molar-refractivity contribution in [1.82, 2.24) is 9.21 Å². The highest BCUT2D eigenvalue weighted by molar-refractivity contribution is 7.89. The van der Waals surface area contributed by atoms with Crippen molar-refractivity contribution in [2.75, 3.05) is 36.8 Å². The molecule has 0 aliphatic carbocycles. The molecule has 2 amide bonds. The van der Waals surface area contributed by atoms with Crippen molar-refractivity contribution in [3.8, 4) is 5.75 Å². The van der Waals surface area contributed by atoms with E-state index in [1.165, 1.54) is 28.6 Å². The third-order valence-corrected chi connectivity index (χ3v) is 7.92. The largest absolute Gasteiger partial charge is 0.504 e. The number of phenolic OH excluding ortho intramolecular Hbond substituents is 1. The average Bonchev–Trinajstić information content (AvgIpc) is 2.73. The third kappa shape index (κ3) is 5.10. The minimum atomic E-state index is -4.12. The zero-order valence-electron chi connectivity index (χ0n) is 17.4. The number of benzene rings is 2. The molecule has 0 bridgehead atoms. The van der Waals surface area contributed by atoms with E-state index in [1.54, 1.807) is 0 Å². The van der Waals surface area contributed by atoms with Gasteiger partial charge in [0.05, 0.1) is 21.4 Å². The topological polar surface area (TPSA) is 102 Å². The number of halogens is 3. The van der Waals surface area contributed by atoms with Gasteiger partial charge in [0, 0.05) is 32.2 Å². The molecule has 1 aliphatic heterocycles. The third-order valence-electron chi connectivity index (χ3n) is 5.13. The van der Waals surface area contributed by atoms with Crippen molar-refractivity contribution in [3.05, 3.63) is 46.2 Å². The van der Waals surface area contributed by atoms with E-state index in [0.717, 1.165) is 6.07 Å². The van der Waals surface area contributed by atoms with Crippen LogP contribution in [0.15, 0.2) is 35.2 Å². The molecule has 3 rings (SSSR count). The second kappa shape index (κ2) is 9.80. The number of nitrogens with one attached hydrogen (secondary N) is 2. The maximum atomic E-state index is 13.6. The predicted octanol–water partition coefficient (Wildman–Crippen LogP) is 4.20. The van der Waals surface area contributed by atoms with Gasteiger partial charge in [-0.25, -0.2) is 17.6 Å². The summed E-state index contributed by atoms with van der Waals surface area (Å²) in [7, 11) is -4.12. The predicted molar refractivity (Wildman–Crippen MR) is 123 cm³/mol. The summed E-state index contributed by atoms with van der Waals surface area (Å²) >= 11 is 11.9. The van der Waals surface area contributed by atoms with Crippen LogP contribution in [0.1, 0.15) is 13.8 Å². The first-order chi connectivity index (χ1) is 15.0. The standard InChI is InChI=1S/C20H23Cl2FN4O4S/c1-12(2)26-8-10-27(11-9-26)32(30,31)19-13(21)6-7-16(18(19)28)25-20(29)24-15-5-3-4-14(23)17(15)22/h3-7,12,28H,8-11H2,1-2H3,(H2,24,25,29). The quantitative estimate of drug-likeness (QED) is 0.529. The smallest absolute Gasteiger partial charge is 0.323 e. The number of amides is 2. The maximum absolute atomic E-state index is 13.6. The van der Waals surface area contributed by atoms with E-state index in [-0.39, 0.29) is 40.6 Å². The lowest BCUT2D eigenvalue weighted by Crippen LogP contribution is -2.50. The number of rotatable bonds is 5. The number of aromatic hydroxyl groups is 1. The van der Waals surface area contributed by atoms with E-state index in [4.69, 9.17) is 23.2 Å². The Labute approximate surface area is 196 Å². The molecule has 0 saturated carbocycles. The van der Waals surface area contributed by atoms with Crippen LogP contribution in [0.3, 0.4) is 0 Å². The molecule has 0 spiro atoms. The van der Waals surface area contributed by atoms with Gasteiger partial charge in [0.25, 0.3) is 0 Å². The number of phenols is 1. The maximum Gasteiger partial charge on any atom is 0.323 e. The number of carbonyl (C=O) groups is 1. The molecule has 1 heterocycles. The number of urea groups is 1. The van der Waals surface area contributed by atoms with Gasteiger partial charge in [-0.05, 0) is 38.1 Å². The molecule has 3 N–H and O–H groups in total. The lowest BCUT2D eigenvalue weighted by Gasteiger charge is -2.36. The van der Waals surface area contributed by atoms with Gasteiger partial charge in [0.15, 0.2) is 5.75 Å². The summed E-state index contributed by atoms with van der Waals surface area (Å²) in [4.78, 5) is 14.0. The van der Waals surface area contributed by atoms with Crippen LogP contribution in [-0.2, 0) is 10.0 Å². The van der Waals surface area contributed by atoms with Crippen LogP contribution in [-0.4, -0.2) is 61.0 Å². The minimum Gasteiger partial charge on any atom is -0.504 e. The molecule has 2 aromatic carbocycles. The SMILES string of the molecule is CC(C)N1CCN(S(=O)(=O)c2c(Cl)ccc(NC(=O)Nc3cccc(F)c3Cl)c2O)CC1. The second-order valence-electron chi connectivity index (χ2n) is 7.49. The number of sulfonamides is 1. The lowest BCUT2D eigenvalue weighted by molar-refractivity contribution is 0.154. The van der Waals surface area contributed by atoms with Gasteiger partial charge in [0.2, 0.25) is 10.0 Å². The van der Waals surface area contributed by atoms with E-state index >= 15 is 0 Å². The second-order valence-corrected chi connectivity index (χ2v) is 10.1. The highest BCUT2D eigenvalue weighted by Gasteiger charge is 2.34. The fourth-order valence-electron chi connectivity index (χ4n) is 3.36. The Hall–Kier alpha value is -2.11. The van der Waals surface area contributed by atoms with Gasteiger partial charge in [-0.1, -0.05) is 29.3 Å². The molecule has 8 nitrogen and oxygen atoms in total. The van der Waals surface area contributed by atoms with Crippen LogP contribution in [0.5, 0.6) is 5.75 Å². The molecule has 12 heteroatoms. The molecule has 1 fully saturated rings.